The molecule has 1 aliphatic heterocycles. The third-order valence-corrected chi connectivity index (χ3v) is 3.00. The van der Waals surface area contributed by atoms with Crippen LogP contribution in [0.4, 0.5) is 0 Å². The lowest BCUT2D eigenvalue weighted by Crippen LogP contribution is -2.41. The number of hydrogen-bond acceptors (Lipinski definition) is 3. The Kier molecular flexibility index (Phi) is 3.97. The first-order valence-corrected chi connectivity index (χ1v) is 5.85. The summed E-state index contributed by atoms with van der Waals surface area (Å²) in [7, 11) is 0. The van der Waals surface area contributed by atoms with E-state index in [1.807, 2.05) is 41.5 Å². The Hall–Kier alpha value is -0.610. The van der Waals surface area contributed by atoms with Gasteiger partial charge < -0.3 is 4.74 Å². The van der Waals surface area contributed by atoms with Gasteiger partial charge in [-0.1, -0.05) is 6.92 Å². The van der Waals surface area contributed by atoms with Crippen LogP contribution in [0.1, 0.15) is 41.5 Å². The van der Waals surface area contributed by atoms with E-state index in [1.54, 1.807) is 0 Å². The second-order valence-corrected chi connectivity index (χ2v) is 5.61. The van der Waals surface area contributed by atoms with Gasteiger partial charge in [0.25, 0.3) is 0 Å². The maximum Gasteiger partial charge on any atom is 0.249 e. The first-order chi connectivity index (χ1) is 7.22. The lowest BCUT2D eigenvalue weighted by molar-refractivity contribution is -0.151. The van der Waals surface area contributed by atoms with Crippen LogP contribution in [-0.2, 0) is 14.4 Å². The second-order valence-electron chi connectivity index (χ2n) is 5.61. The molecule has 16 heavy (non-hydrogen) atoms. The number of nitrogens with one attached hydrogen (secondary N) is 1. The Balaban J connectivity index is 2.54. The van der Waals surface area contributed by atoms with Crippen LogP contribution in [-0.4, -0.2) is 23.7 Å². The third-order valence-electron chi connectivity index (χ3n) is 3.00. The quantitative estimate of drug-likeness (QED) is 0.736. The zero-order valence-corrected chi connectivity index (χ0v) is 11.0. The van der Waals surface area contributed by atoms with Crippen LogP contribution in [0.5, 0.6) is 0 Å². The molecular weight excluding hydrogens is 206 g/mol. The highest BCUT2D eigenvalue weighted by atomic mass is 16.7. The number of amides is 1. The zero-order valence-electron chi connectivity index (χ0n) is 11.0. The number of hydroxylamine groups is 1. The Labute approximate surface area is 97.6 Å². The SMILES string of the molecule is CC1OC(C)C(C(=O)NOC(C)(C)C)C1C. The zero-order chi connectivity index (χ0) is 12.5. The van der Waals surface area contributed by atoms with Gasteiger partial charge in [-0.05, 0) is 40.5 Å². The van der Waals surface area contributed by atoms with Crippen LogP contribution in [0, 0.1) is 11.8 Å². The first kappa shape index (κ1) is 13.5. The number of hydrogen-bond donors (Lipinski definition) is 1. The molecule has 0 radical (unpaired) electrons. The highest BCUT2D eigenvalue weighted by Gasteiger charge is 2.41. The van der Waals surface area contributed by atoms with Gasteiger partial charge in [-0.25, -0.2) is 5.48 Å². The van der Waals surface area contributed by atoms with Gasteiger partial charge in [-0.3, -0.25) is 9.63 Å². The molecule has 4 nitrogen and oxygen atoms in total. The molecule has 0 spiro atoms. The molecule has 94 valence electrons. The van der Waals surface area contributed by atoms with Crippen molar-refractivity contribution in [2.45, 2.75) is 59.4 Å². The van der Waals surface area contributed by atoms with E-state index in [-0.39, 0.29) is 35.6 Å². The minimum atomic E-state index is -0.368. The van der Waals surface area contributed by atoms with Crippen LogP contribution >= 0.6 is 0 Å². The summed E-state index contributed by atoms with van der Waals surface area (Å²) in [6.07, 6.45) is 0.0777. The summed E-state index contributed by atoms with van der Waals surface area (Å²) in [5.41, 5.74) is 2.16. The molecule has 0 aliphatic carbocycles. The van der Waals surface area contributed by atoms with Crippen molar-refractivity contribution in [3.05, 3.63) is 0 Å². The molecule has 1 fully saturated rings. The van der Waals surface area contributed by atoms with E-state index >= 15 is 0 Å². The van der Waals surface area contributed by atoms with Crippen molar-refractivity contribution in [3.8, 4) is 0 Å². The van der Waals surface area contributed by atoms with E-state index < -0.39 is 0 Å². The minimum Gasteiger partial charge on any atom is -0.374 e. The van der Waals surface area contributed by atoms with Gasteiger partial charge in [0.1, 0.15) is 0 Å². The topological polar surface area (TPSA) is 47.6 Å². The van der Waals surface area contributed by atoms with Gasteiger partial charge in [-0.15, -0.1) is 0 Å². The van der Waals surface area contributed by atoms with E-state index in [4.69, 9.17) is 9.57 Å². The highest BCUT2D eigenvalue weighted by molar-refractivity contribution is 5.78. The minimum absolute atomic E-state index is 0.0476. The van der Waals surface area contributed by atoms with Gasteiger partial charge >= 0.3 is 0 Å². The van der Waals surface area contributed by atoms with Crippen molar-refractivity contribution in [1.29, 1.82) is 0 Å². The molecule has 1 heterocycles. The molecular formula is C12H23NO3. The molecule has 4 heteroatoms. The van der Waals surface area contributed by atoms with Gasteiger partial charge in [0.05, 0.1) is 23.7 Å². The Morgan fingerprint density at radius 1 is 1.19 bits per heavy atom. The van der Waals surface area contributed by atoms with Gasteiger partial charge in [0, 0.05) is 0 Å². The maximum atomic E-state index is 11.9. The fourth-order valence-electron chi connectivity index (χ4n) is 1.99. The average Bonchev–Trinajstić information content (AvgIpc) is 2.36. The van der Waals surface area contributed by atoms with E-state index in [0.29, 0.717) is 0 Å². The summed E-state index contributed by atoms with van der Waals surface area (Å²) in [6.45, 7) is 11.7. The molecule has 0 bridgehead atoms. The molecule has 1 saturated heterocycles. The normalized spacial score (nSPS) is 35.1. The van der Waals surface area contributed by atoms with Gasteiger partial charge in [-0.2, -0.15) is 0 Å². The molecule has 1 rings (SSSR count). The Bertz CT molecular complexity index is 259. The fraction of sp³-hybridized carbons (Fsp3) is 0.917. The molecule has 1 aliphatic rings. The predicted molar refractivity (Wildman–Crippen MR) is 61.6 cm³/mol. The summed E-state index contributed by atoms with van der Waals surface area (Å²) in [6, 6.07) is 0. The summed E-state index contributed by atoms with van der Waals surface area (Å²) < 4.78 is 5.62. The number of ether oxygens (including phenoxy) is 1. The van der Waals surface area contributed by atoms with Gasteiger partial charge in [0.2, 0.25) is 5.91 Å². The standard InChI is InChI=1S/C12H23NO3/c1-7-8(2)15-9(3)10(7)11(14)13-16-12(4,5)6/h7-10H,1-6H3,(H,13,14). The van der Waals surface area contributed by atoms with Crippen LogP contribution in [0.2, 0.25) is 0 Å². The monoisotopic (exact) mass is 229 g/mol. The van der Waals surface area contributed by atoms with Crippen molar-refractivity contribution < 1.29 is 14.4 Å². The average molecular weight is 229 g/mol. The first-order valence-electron chi connectivity index (χ1n) is 5.85. The van der Waals surface area contributed by atoms with Crippen LogP contribution in [0.3, 0.4) is 0 Å². The predicted octanol–water partition coefficient (Wildman–Crippen LogP) is 1.89. The largest absolute Gasteiger partial charge is 0.374 e. The van der Waals surface area contributed by atoms with Crippen molar-refractivity contribution in [2.24, 2.45) is 11.8 Å². The van der Waals surface area contributed by atoms with Crippen LogP contribution in [0.25, 0.3) is 0 Å². The molecule has 0 saturated carbocycles. The molecule has 0 aromatic rings. The number of carbonyl (C=O) groups is 1. The fourth-order valence-corrected chi connectivity index (χ4v) is 1.99. The second kappa shape index (κ2) is 4.72. The van der Waals surface area contributed by atoms with E-state index in [9.17, 15) is 4.79 Å². The van der Waals surface area contributed by atoms with Crippen LogP contribution in [0.15, 0.2) is 0 Å². The van der Waals surface area contributed by atoms with Crippen molar-refractivity contribution >= 4 is 5.91 Å². The molecule has 0 aromatic heterocycles. The Morgan fingerprint density at radius 2 is 1.75 bits per heavy atom. The molecule has 1 amide bonds. The molecule has 4 atom stereocenters. The number of rotatable bonds is 2. The third kappa shape index (κ3) is 3.19. The summed E-state index contributed by atoms with van der Waals surface area (Å²) in [5, 5.41) is 0. The van der Waals surface area contributed by atoms with E-state index in [2.05, 4.69) is 5.48 Å². The van der Waals surface area contributed by atoms with Crippen molar-refractivity contribution in [2.75, 3.05) is 0 Å². The molecule has 0 aromatic carbocycles. The summed E-state index contributed by atoms with van der Waals surface area (Å²) in [5.74, 6) is 0.00944. The highest BCUT2D eigenvalue weighted by Crippen LogP contribution is 2.32. The lowest BCUT2D eigenvalue weighted by Gasteiger charge is -2.23. The number of carbonyl (C=O) groups excluding carboxylic acids is 1. The van der Waals surface area contributed by atoms with Crippen LogP contribution < -0.4 is 5.48 Å². The van der Waals surface area contributed by atoms with Crippen molar-refractivity contribution in [3.63, 3.8) is 0 Å². The summed E-state index contributed by atoms with van der Waals surface area (Å²) >= 11 is 0. The summed E-state index contributed by atoms with van der Waals surface area (Å²) in [4.78, 5) is 17.2. The van der Waals surface area contributed by atoms with Crippen molar-refractivity contribution in [1.82, 2.24) is 5.48 Å². The van der Waals surface area contributed by atoms with E-state index in [1.165, 1.54) is 0 Å². The smallest absolute Gasteiger partial charge is 0.249 e. The maximum absolute atomic E-state index is 11.9. The van der Waals surface area contributed by atoms with Gasteiger partial charge in [0.15, 0.2) is 0 Å². The molecule has 1 N–H and O–H groups in total. The van der Waals surface area contributed by atoms with E-state index in [0.717, 1.165) is 0 Å². The molecule has 4 unspecified atom stereocenters. The lowest BCUT2D eigenvalue weighted by atomic mass is 9.89. The Morgan fingerprint density at radius 3 is 2.12 bits per heavy atom.